The van der Waals surface area contributed by atoms with E-state index in [1.807, 2.05) is 43.3 Å². The largest absolute Gasteiger partial charge is 0.495 e. The lowest BCUT2D eigenvalue weighted by molar-refractivity contribution is 0.311. The van der Waals surface area contributed by atoms with E-state index in [1.165, 1.54) is 0 Å². The number of rotatable bonds is 7. The molecule has 1 aliphatic heterocycles. The highest BCUT2D eigenvalue weighted by atomic mass is 32.2. The van der Waals surface area contributed by atoms with Crippen molar-refractivity contribution in [3.05, 3.63) is 72.1 Å². The van der Waals surface area contributed by atoms with E-state index in [1.54, 1.807) is 38.3 Å². The zero-order valence-electron chi connectivity index (χ0n) is 21.9. The van der Waals surface area contributed by atoms with E-state index in [9.17, 15) is 8.42 Å². The van der Waals surface area contributed by atoms with Crippen LogP contribution in [0.15, 0.2) is 70.1 Å². The van der Waals surface area contributed by atoms with Gasteiger partial charge >= 0.3 is 0 Å². The predicted molar refractivity (Wildman–Crippen MR) is 148 cm³/mol. The summed E-state index contributed by atoms with van der Waals surface area (Å²) in [5.74, 6) is 1.77. The summed E-state index contributed by atoms with van der Waals surface area (Å²) in [5.41, 5.74) is 5.17. The molecule has 5 rings (SSSR count). The van der Waals surface area contributed by atoms with Crippen LogP contribution in [0.2, 0.25) is 0 Å². The van der Waals surface area contributed by atoms with Gasteiger partial charge in [0.05, 0.1) is 23.4 Å². The van der Waals surface area contributed by atoms with Crippen LogP contribution in [0.5, 0.6) is 5.75 Å². The average Bonchev–Trinajstić information content (AvgIpc) is 3.35. The van der Waals surface area contributed by atoms with Crippen molar-refractivity contribution in [3.63, 3.8) is 0 Å². The maximum atomic E-state index is 13.2. The Morgan fingerprint density at radius 2 is 1.63 bits per heavy atom. The fraction of sp³-hybridized carbons (Fsp3) is 0.286. The smallest absolute Gasteiger partial charge is 0.261 e. The maximum absolute atomic E-state index is 13.2. The van der Waals surface area contributed by atoms with Gasteiger partial charge < -0.3 is 19.1 Å². The highest BCUT2D eigenvalue weighted by molar-refractivity contribution is 7.92. The van der Waals surface area contributed by atoms with Gasteiger partial charge in [-0.2, -0.15) is 4.98 Å². The molecular weight excluding hydrogens is 502 g/mol. The Bertz CT molecular complexity index is 1540. The van der Waals surface area contributed by atoms with Gasteiger partial charge in [0.25, 0.3) is 10.0 Å². The van der Waals surface area contributed by atoms with Crippen LogP contribution in [0.3, 0.4) is 0 Å². The van der Waals surface area contributed by atoms with Crippen molar-refractivity contribution in [1.29, 1.82) is 0 Å². The van der Waals surface area contributed by atoms with Crippen molar-refractivity contribution >= 4 is 21.4 Å². The summed E-state index contributed by atoms with van der Waals surface area (Å²) in [6, 6.07) is 18.2. The number of benzene rings is 3. The summed E-state index contributed by atoms with van der Waals surface area (Å²) < 4.78 is 39.8. The normalized spacial score (nSPS) is 14.5. The number of ether oxygens (including phenoxy) is 1. The van der Waals surface area contributed by atoms with Crippen LogP contribution in [0.4, 0.5) is 11.4 Å². The Morgan fingerprint density at radius 3 is 2.26 bits per heavy atom. The second-order valence-corrected chi connectivity index (χ2v) is 11.2. The third kappa shape index (κ3) is 5.36. The standard InChI is InChI=1S/C28H31N5O4S/c1-19-17-22(28-29-20(2)37-30-28)7-11-25(19)21-5-9-24(10-6-21)38(34,35)31-23-8-12-27(36-4)26(18-23)33-15-13-32(3)14-16-33/h5-12,17-18,31H,13-16H2,1-4H3. The summed E-state index contributed by atoms with van der Waals surface area (Å²) >= 11 is 0. The van der Waals surface area contributed by atoms with E-state index in [4.69, 9.17) is 9.26 Å². The van der Waals surface area contributed by atoms with Gasteiger partial charge in [-0.3, -0.25) is 4.72 Å². The number of hydrogen-bond acceptors (Lipinski definition) is 8. The summed E-state index contributed by atoms with van der Waals surface area (Å²) in [5, 5.41) is 3.98. The number of aryl methyl sites for hydroxylation is 2. The molecule has 0 unspecified atom stereocenters. The lowest BCUT2D eigenvalue weighted by Gasteiger charge is -2.35. The molecule has 10 heteroatoms. The van der Waals surface area contributed by atoms with Gasteiger partial charge in [-0.1, -0.05) is 29.4 Å². The number of likely N-dealkylation sites (N-methyl/N-ethyl adjacent to an activating group) is 1. The SMILES string of the molecule is COc1ccc(NS(=O)(=O)c2ccc(-c3ccc(-c4noc(C)n4)cc3C)cc2)cc1N1CCN(C)CC1. The minimum absolute atomic E-state index is 0.190. The molecule has 2 heterocycles. The Kier molecular flexibility index (Phi) is 7.09. The average molecular weight is 534 g/mol. The number of hydrogen-bond donors (Lipinski definition) is 1. The van der Waals surface area contributed by atoms with Crippen LogP contribution in [0.1, 0.15) is 11.5 Å². The molecule has 4 aromatic rings. The highest BCUT2D eigenvalue weighted by Crippen LogP contribution is 2.33. The number of anilines is 2. The Morgan fingerprint density at radius 1 is 0.921 bits per heavy atom. The van der Waals surface area contributed by atoms with Crippen molar-refractivity contribution in [1.82, 2.24) is 15.0 Å². The zero-order valence-corrected chi connectivity index (χ0v) is 22.7. The maximum Gasteiger partial charge on any atom is 0.261 e. The molecule has 0 aliphatic carbocycles. The monoisotopic (exact) mass is 533 g/mol. The van der Waals surface area contributed by atoms with E-state index in [-0.39, 0.29) is 4.90 Å². The number of nitrogens with zero attached hydrogens (tertiary/aromatic N) is 4. The summed E-state index contributed by atoms with van der Waals surface area (Å²) in [6.07, 6.45) is 0. The highest BCUT2D eigenvalue weighted by Gasteiger charge is 2.20. The van der Waals surface area contributed by atoms with Gasteiger partial charge in [0.15, 0.2) is 0 Å². The second kappa shape index (κ2) is 10.5. The van der Waals surface area contributed by atoms with Crippen molar-refractivity contribution in [3.8, 4) is 28.3 Å². The molecule has 1 aliphatic rings. The molecule has 9 nitrogen and oxygen atoms in total. The van der Waals surface area contributed by atoms with E-state index in [2.05, 4.69) is 31.7 Å². The molecule has 0 atom stereocenters. The first-order chi connectivity index (χ1) is 18.2. The molecule has 0 saturated carbocycles. The fourth-order valence-corrected chi connectivity index (χ4v) is 5.67. The lowest BCUT2D eigenvalue weighted by Crippen LogP contribution is -2.44. The third-order valence-corrected chi connectivity index (χ3v) is 8.16. The number of methoxy groups -OCH3 is 1. The first-order valence-corrected chi connectivity index (χ1v) is 13.9. The zero-order chi connectivity index (χ0) is 26.9. The minimum Gasteiger partial charge on any atom is -0.495 e. The molecule has 0 amide bonds. The van der Waals surface area contributed by atoms with Crippen molar-refractivity contribution in [2.24, 2.45) is 0 Å². The summed E-state index contributed by atoms with van der Waals surface area (Å²) in [7, 11) is -0.0614. The predicted octanol–water partition coefficient (Wildman–Crippen LogP) is 4.58. The molecule has 1 saturated heterocycles. The molecule has 198 valence electrons. The lowest BCUT2D eigenvalue weighted by atomic mass is 9.98. The van der Waals surface area contributed by atoms with Crippen LogP contribution in [-0.2, 0) is 10.0 Å². The van der Waals surface area contributed by atoms with Crippen molar-refractivity contribution < 1.29 is 17.7 Å². The molecule has 38 heavy (non-hydrogen) atoms. The van der Waals surface area contributed by atoms with Crippen LogP contribution in [0, 0.1) is 13.8 Å². The number of aromatic nitrogens is 2. The minimum atomic E-state index is -3.78. The van der Waals surface area contributed by atoms with E-state index < -0.39 is 10.0 Å². The molecule has 0 spiro atoms. The van der Waals surface area contributed by atoms with Crippen LogP contribution < -0.4 is 14.4 Å². The Hall–Kier alpha value is -3.89. The molecule has 0 bridgehead atoms. The summed E-state index contributed by atoms with van der Waals surface area (Å²) in [6.45, 7) is 7.32. The van der Waals surface area contributed by atoms with E-state index >= 15 is 0 Å². The molecule has 1 fully saturated rings. The molecule has 0 radical (unpaired) electrons. The first-order valence-electron chi connectivity index (χ1n) is 12.4. The number of piperazine rings is 1. The van der Waals surface area contributed by atoms with Gasteiger partial charge in [0.1, 0.15) is 5.75 Å². The Balaban J connectivity index is 1.35. The number of nitrogens with one attached hydrogen (secondary N) is 1. The van der Waals surface area contributed by atoms with Gasteiger partial charge in [-0.25, -0.2) is 8.42 Å². The van der Waals surface area contributed by atoms with Crippen molar-refractivity contribution in [2.75, 3.05) is 50.0 Å². The van der Waals surface area contributed by atoms with Gasteiger partial charge in [0, 0.05) is 38.7 Å². The molecular formula is C28H31N5O4S. The van der Waals surface area contributed by atoms with Gasteiger partial charge in [-0.15, -0.1) is 0 Å². The van der Waals surface area contributed by atoms with E-state index in [0.717, 1.165) is 59.9 Å². The van der Waals surface area contributed by atoms with Crippen LogP contribution in [-0.4, -0.2) is 63.8 Å². The van der Waals surface area contributed by atoms with Crippen molar-refractivity contribution in [2.45, 2.75) is 18.7 Å². The fourth-order valence-electron chi connectivity index (χ4n) is 4.62. The van der Waals surface area contributed by atoms with Crippen LogP contribution >= 0.6 is 0 Å². The van der Waals surface area contributed by atoms with Gasteiger partial charge in [-0.05, 0) is 67.1 Å². The molecule has 1 aromatic heterocycles. The first kappa shape index (κ1) is 25.7. The molecule has 3 aromatic carbocycles. The quantitative estimate of drug-likeness (QED) is 0.368. The Labute approximate surface area is 223 Å². The molecule has 1 N–H and O–H groups in total. The van der Waals surface area contributed by atoms with Gasteiger partial charge in [0.2, 0.25) is 11.7 Å². The third-order valence-electron chi connectivity index (χ3n) is 6.76. The topological polar surface area (TPSA) is 101 Å². The van der Waals surface area contributed by atoms with E-state index in [0.29, 0.717) is 17.4 Å². The number of sulfonamides is 1. The van der Waals surface area contributed by atoms with Crippen LogP contribution in [0.25, 0.3) is 22.5 Å². The second-order valence-electron chi connectivity index (χ2n) is 9.47. The summed E-state index contributed by atoms with van der Waals surface area (Å²) in [4.78, 5) is 8.96.